The molecule has 0 saturated heterocycles. The normalized spacial score (nSPS) is 11.9. The second-order valence-electron chi connectivity index (χ2n) is 6.38. The number of furan rings is 1. The molecule has 0 aliphatic heterocycles. The first-order chi connectivity index (χ1) is 13.9. The Morgan fingerprint density at radius 2 is 1.97 bits per heavy atom. The fraction of sp³-hybridized carbons (Fsp3) is 0.381. The number of carbonyl (C=O) groups excluding carboxylic acids is 2. The first-order valence-electron chi connectivity index (χ1n) is 9.49. The van der Waals surface area contributed by atoms with E-state index in [0.29, 0.717) is 53.8 Å². The van der Waals surface area contributed by atoms with Gasteiger partial charge in [0.15, 0.2) is 4.80 Å². The SMILES string of the molecule is CCOCCn1c(=NC(=O)c2cc(C)oc2C)sc2cc(C(=O)OCC)ccc21. The zero-order valence-corrected chi connectivity index (χ0v) is 17.8. The minimum atomic E-state index is -0.372. The van der Waals surface area contributed by atoms with Gasteiger partial charge in [-0.25, -0.2) is 4.79 Å². The molecule has 0 aliphatic carbocycles. The highest BCUT2D eigenvalue weighted by atomic mass is 32.1. The largest absolute Gasteiger partial charge is 0.466 e. The monoisotopic (exact) mass is 416 g/mol. The van der Waals surface area contributed by atoms with Crippen LogP contribution in [0.25, 0.3) is 10.2 Å². The Bertz CT molecular complexity index is 1110. The quantitative estimate of drug-likeness (QED) is 0.431. The molecule has 7 nitrogen and oxygen atoms in total. The van der Waals surface area contributed by atoms with E-state index in [4.69, 9.17) is 13.9 Å². The predicted molar refractivity (Wildman–Crippen MR) is 110 cm³/mol. The maximum atomic E-state index is 12.7. The summed E-state index contributed by atoms with van der Waals surface area (Å²) in [6, 6.07) is 7.03. The number of thiazole rings is 1. The number of aryl methyl sites for hydroxylation is 2. The molecule has 0 spiro atoms. The van der Waals surface area contributed by atoms with Crippen LogP contribution in [0.4, 0.5) is 0 Å². The molecule has 1 amide bonds. The van der Waals surface area contributed by atoms with E-state index in [-0.39, 0.29) is 11.9 Å². The molecule has 0 N–H and O–H groups in total. The standard InChI is InChI=1S/C21H24N2O5S/c1-5-26-10-9-23-17-8-7-15(20(25)27-6-2)12-18(17)29-21(23)22-19(24)16-11-13(3)28-14(16)4/h7-8,11-12H,5-6,9-10H2,1-4H3. The van der Waals surface area contributed by atoms with Crippen LogP contribution in [0.5, 0.6) is 0 Å². The Morgan fingerprint density at radius 1 is 1.17 bits per heavy atom. The molecule has 0 saturated carbocycles. The lowest BCUT2D eigenvalue weighted by atomic mass is 10.2. The zero-order valence-electron chi connectivity index (χ0n) is 17.0. The molecule has 0 radical (unpaired) electrons. The number of fused-ring (bicyclic) bond motifs is 1. The summed E-state index contributed by atoms with van der Waals surface area (Å²) in [7, 11) is 0. The Kier molecular flexibility index (Phi) is 6.66. The van der Waals surface area contributed by atoms with Crippen LogP contribution in [0.15, 0.2) is 33.7 Å². The number of amides is 1. The Labute approximate surface area is 172 Å². The highest BCUT2D eigenvalue weighted by molar-refractivity contribution is 7.16. The van der Waals surface area contributed by atoms with Crippen molar-refractivity contribution in [3.05, 3.63) is 51.7 Å². The van der Waals surface area contributed by atoms with Crippen LogP contribution < -0.4 is 4.80 Å². The number of hydrogen-bond acceptors (Lipinski definition) is 6. The molecule has 154 valence electrons. The molecule has 0 atom stereocenters. The molecule has 0 aliphatic rings. The van der Waals surface area contributed by atoms with Gasteiger partial charge in [-0.1, -0.05) is 11.3 Å². The van der Waals surface area contributed by atoms with Gasteiger partial charge in [-0.2, -0.15) is 4.99 Å². The molecule has 3 aromatic rings. The fourth-order valence-electron chi connectivity index (χ4n) is 3.01. The fourth-order valence-corrected chi connectivity index (χ4v) is 4.10. The summed E-state index contributed by atoms with van der Waals surface area (Å²) < 4.78 is 18.8. The van der Waals surface area contributed by atoms with Crippen molar-refractivity contribution in [2.75, 3.05) is 19.8 Å². The van der Waals surface area contributed by atoms with Gasteiger partial charge in [0, 0.05) is 13.2 Å². The van der Waals surface area contributed by atoms with Crippen LogP contribution in [0, 0.1) is 13.8 Å². The summed E-state index contributed by atoms with van der Waals surface area (Å²) in [5, 5.41) is 0. The number of benzene rings is 1. The summed E-state index contributed by atoms with van der Waals surface area (Å²) in [5.74, 6) is 0.480. The van der Waals surface area contributed by atoms with E-state index in [0.717, 1.165) is 10.2 Å². The first kappa shape index (κ1) is 21.0. The van der Waals surface area contributed by atoms with E-state index in [1.807, 2.05) is 17.6 Å². The number of carbonyl (C=O) groups is 2. The lowest BCUT2D eigenvalue weighted by molar-refractivity contribution is 0.0526. The van der Waals surface area contributed by atoms with E-state index >= 15 is 0 Å². The van der Waals surface area contributed by atoms with E-state index in [9.17, 15) is 9.59 Å². The molecule has 0 unspecified atom stereocenters. The van der Waals surface area contributed by atoms with Crippen molar-refractivity contribution in [3.8, 4) is 0 Å². The molecule has 8 heteroatoms. The summed E-state index contributed by atoms with van der Waals surface area (Å²) in [6.45, 7) is 9.20. The number of aromatic nitrogens is 1. The van der Waals surface area contributed by atoms with Crippen LogP contribution in [-0.4, -0.2) is 36.3 Å². The number of rotatable bonds is 7. The van der Waals surface area contributed by atoms with Crippen LogP contribution in [-0.2, 0) is 16.0 Å². The third-order valence-electron chi connectivity index (χ3n) is 4.33. The Balaban J connectivity index is 2.07. The molecule has 0 bridgehead atoms. The van der Waals surface area contributed by atoms with E-state index < -0.39 is 0 Å². The summed E-state index contributed by atoms with van der Waals surface area (Å²) in [4.78, 5) is 29.7. The van der Waals surface area contributed by atoms with E-state index in [1.54, 1.807) is 39.0 Å². The third kappa shape index (κ3) is 4.65. The van der Waals surface area contributed by atoms with E-state index in [1.165, 1.54) is 11.3 Å². The first-order valence-corrected chi connectivity index (χ1v) is 10.3. The smallest absolute Gasteiger partial charge is 0.338 e. The van der Waals surface area contributed by atoms with E-state index in [2.05, 4.69) is 4.99 Å². The van der Waals surface area contributed by atoms with Gasteiger partial charge in [0.1, 0.15) is 11.5 Å². The van der Waals surface area contributed by atoms with Gasteiger partial charge >= 0.3 is 5.97 Å². The molecular weight excluding hydrogens is 392 g/mol. The van der Waals surface area contributed by atoms with Crippen molar-refractivity contribution in [2.45, 2.75) is 34.2 Å². The lowest BCUT2D eigenvalue weighted by Gasteiger charge is -2.06. The van der Waals surface area contributed by atoms with Gasteiger partial charge in [-0.15, -0.1) is 0 Å². The van der Waals surface area contributed by atoms with Crippen molar-refractivity contribution in [1.29, 1.82) is 0 Å². The lowest BCUT2D eigenvalue weighted by Crippen LogP contribution is -2.19. The zero-order chi connectivity index (χ0) is 21.0. The van der Waals surface area contributed by atoms with Crippen molar-refractivity contribution >= 4 is 33.4 Å². The molecule has 2 aromatic heterocycles. The van der Waals surface area contributed by atoms with Crippen LogP contribution >= 0.6 is 11.3 Å². The van der Waals surface area contributed by atoms with Gasteiger partial charge in [-0.3, -0.25) is 4.79 Å². The number of esters is 1. The molecular formula is C21H24N2O5S. The summed E-state index contributed by atoms with van der Waals surface area (Å²) >= 11 is 1.35. The number of ether oxygens (including phenoxy) is 2. The Hall–Kier alpha value is -2.71. The molecule has 2 heterocycles. The topological polar surface area (TPSA) is 83.0 Å². The minimum Gasteiger partial charge on any atom is -0.466 e. The average Bonchev–Trinajstić information content (AvgIpc) is 3.20. The molecule has 3 rings (SSSR count). The van der Waals surface area contributed by atoms with Crippen molar-refractivity contribution in [2.24, 2.45) is 4.99 Å². The highest BCUT2D eigenvalue weighted by Crippen LogP contribution is 2.21. The van der Waals surface area contributed by atoms with Crippen LogP contribution in [0.2, 0.25) is 0 Å². The van der Waals surface area contributed by atoms with Gasteiger partial charge in [-0.05, 0) is 52.0 Å². The number of hydrogen-bond donors (Lipinski definition) is 0. The molecule has 1 aromatic carbocycles. The van der Waals surface area contributed by atoms with Gasteiger partial charge in [0.25, 0.3) is 5.91 Å². The van der Waals surface area contributed by atoms with Gasteiger partial charge in [0.2, 0.25) is 0 Å². The minimum absolute atomic E-state index is 0.314. The van der Waals surface area contributed by atoms with Crippen LogP contribution in [0.3, 0.4) is 0 Å². The average molecular weight is 416 g/mol. The number of nitrogens with zero attached hydrogens (tertiary/aromatic N) is 2. The van der Waals surface area contributed by atoms with Crippen molar-refractivity contribution < 1.29 is 23.5 Å². The molecule has 29 heavy (non-hydrogen) atoms. The third-order valence-corrected chi connectivity index (χ3v) is 5.37. The summed E-state index contributed by atoms with van der Waals surface area (Å²) in [6.07, 6.45) is 0. The summed E-state index contributed by atoms with van der Waals surface area (Å²) in [5.41, 5.74) is 1.80. The maximum absolute atomic E-state index is 12.7. The van der Waals surface area contributed by atoms with Crippen molar-refractivity contribution in [3.63, 3.8) is 0 Å². The molecule has 0 fully saturated rings. The second-order valence-corrected chi connectivity index (χ2v) is 7.39. The maximum Gasteiger partial charge on any atom is 0.338 e. The van der Waals surface area contributed by atoms with Crippen LogP contribution in [0.1, 0.15) is 46.1 Å². The second kappa shape index (κ2) is 9.19. The van der Waals surface area contributed by atoms with Gasteiger partial charge < -0.3 is 18.5 Å². The van der Waals surface area contributed by atoms with Gasteiger partial charge in [0.05, 0.1) is 34.6 Å². The highest BCUT2D eigenvalue weighted by Gasteiger charge is 2.15. The predicted octanol–water partition coefficient (Wildman–Crippen LogP) is 3.87. The Morgan fingerprint density at radius 3 is 2.62 bits per heavy atom. The van der Waals surface area contributed by atoms with Crippen molar-refractivity contribution in [1.82, 2.24) is 4.57 Å².